The molecule has 2 heterocycles. The quantitative estimate of drug-likeness (QED) is 0.672. The van der Waals surface area contributed by atoms with Crippen LogP contribution in [-0.4, -0.2) is 20.9 Å². The highest BCUT2D eigenvalue weighted by Crippen LogP contribution is 2.24. The molecule has 0 atom stereocenters. The zero-order chi connectivity index (χ0) is 15.5. The predicted octanol–water partition coefficient (Wildman–Crippen LogP) is 2.23. The number of aryl methyl sites for hydroxylation is 1. The summed E-state index contributed by atoms with van der Waals surface area (Å²) in [5.74, 6) is 0.359. The first-order valence-electron chi connectivity index (χ1n) is 7.12. The molecule has 6 heteroatoms. The number of hydrogen-bond donors (Lipinski definition) is 3. The van der Waals surface area contributed by atoms with Crippen LogP contribution in [0.25, 0.3) is 11.0 Å². The van der Waals surface area contributed by atoms with Crippen molar-refractivity contribution in [2.75, 3.05) is 5.32 Å². The molecule has 0 saturated heterocycles. The summed E-state index contributed by atoms with van der Waals surface area (Å²) in [4.78, 5) is 22.9. The van der Waals surface area contributed by atoms with Crippen molar-refractivity contribution in [3.8, 4) is 0 Å². The number of rotatable bonds is 5. The van der Waals surface area contributed by atoms with E-state index in [0.717, 1.165) is 28.8 Å². The molecule has 112 valence electrons. The lowest BCUT2D eigenvalue weighted by Gasteiger charge is -2.08. The van der Waals surface area contributed by atoms with Gasteiger partial charge in [0.1, 0.15) is 17.8 Å². The number of nitrogens with zero attached hydrogens (tertiary/aromatic N) is 2. The third-order valence-electron chi connectivity index (χ3n) is 3.60. The van der Waals surface area contributed by atoms with E-state index in [4.69, 9.17) is 5.73 Å². The third-order valence-corrected chi connectivity index (χ3v) is 3.60. The van der Waals surface area contributed by atoms with Crippen molar-refractivity contribution >= 4 is 22.8 Å². The first-order chi connectivity index (χ1) is 10.7. The first-order valence-corrected chi connectivity index (χ1v) is 7.12. The topological polar surface area (TPSA) is 96.7 Å². The summed E-state index contributed by atoms with van der Waals surface area (Å²) < 4.78 is 0. The monoisotopic (exact) mass is 295 g/mol. The fourth-order valence-corrected chi connectivity index (χ4v) is 2.46. The van der Waals surface area contributed by atoms with Crippen LogP contribution in [0.15, 0.2) is 36.8 Å². The minimum atomic E-state index is -0.426. The summed E-state index contributed by atoms with van der Waals surface area (Å²) in [6.07, 6.45) is 4.39. The second kappa shape index (κ2) is 5.85. The van der Waals surface area contributed by atoms with Gasteiger partial charge in [0, 0.05) is 18.3 Å². The van der Waals surface area contributed by atoms with Gasteiger partial charge in [-0.1, -0.05) is 19.1 Å². The van der Waals surface area contributed by atoms with Gasteiger partial charge in [-0.05, 0) is 29.7 Å². The SMILES string of the molecule is CCc1c[nH]c2ncnc(NCc3cccc(C(N)=O)c3)c12. The van der Waals surface area contributed by atoms with Crippen molar-refractivity contribution in [2.45, 2.75) is 19.9 Å². The molecule has 0 aliphatic heterocycles. The number of nitrogens with two attached hydrogens (primary N) is 1. The van der Waals surface area contributed by atoms with Crippen molar-refractivity contribution in [3.63, 3.8) is 0 Å². The number of aromatic amines is 1. The highest BCUT2D eigenvalue weighted by Gasteiger charge is 2.10. The number of carbonyl (C=O) groups excluding carboxylic acids is 1. The number of H-pyrrole nitrogens is 1. The maximum atomic E-state index is 11.2. The lowest BCUT2D eigenvalue weighted by atomic mass is 10.1. The number of amides is 1. The summed E-state index contributed by atoms with van der Waals surface area (Å²) in [7, 11) is 0. The number of primary amides is 1. The molecule has 0 fully saturated rings. The Morgan fingerprint density at radius 2 is 2.23 bits per heavy atom. The van der Waals surface area contributed by atoms with Gasteiger partial charge in [0.25, 0.3) is 0 Å². The van der Waals surface area contributed by atoms with Crippen molar-refractivity contribution in [1.82, 2.24) is 15.0 Å². The number of carbonyl (C=O) groups is 1. The minimum absolute atomic E-state index is 0.426. The Morgan fingerprint density at radius 1 is 1.36 bits per heavy atom. The van der Waals surface area contributed by atoms with E-state index >= 15 is 0 Å². The Balaban J connectivity index is 1.86. The molecule has 0 radical (unpaired) electrons. The molecule has 3 rings (SSSR count). The van der Waals surface area contributed by atoms with E-state index < -0.39 is 5.91 Å². The molecule has 0 bridgehead atoms. The number of hydrogen-bond acceptors (Lipinski definition) is 4. The molecule has 22 heavy (non-hydrogen) atoms. The Kier molecular flexibility index (Phi) is 3.74. The summed E-state index contributed by atoms with van der Waals surface area (Å²) in [6, 6.07) is 7.25. The number of benzene rings is 1. The molecule has 1 aromatic carbocycles. The minimum Gasteiger partial charge on any atom is -0.366 e. The lowest BCUT2D eigenvalue weighted by molar-refractivity contribution is 0.1000. The van der Waals surface area contributed by atoms with Gasteiger partial charge in [0.05, 0.1) is 5.39 Å². The van der Waals surface area contributed by atoms with E-state index in [9.17, 15) is 4.79 Å². The van der Waals surface area contributed by atoms with Gasteiger partial charge in [-0.3, -0.25) is 4.79 Å². The highest BCUT2D eigenvalue weighted by molar-refractivity contribution is 5.93. The average molecular weight is 295 g/mol. The number of fused-ring (bicyclic) bond motifs is 1. The Hall–Kier alpha value is -2.89. The van der Waals surface area contributed by atoms with Crippen LogP contribution in [0, 0.1) is 0 Å². The van der Waals surface area contributed by atoms with Gasteiger partial charge in [-0.15, -0.1) is 0 Å². The van der Waals surface area contributed by atoms with Crippen LogP contribution in [0.1, 0.15) is 28.4 Å². The lowest BCUT2D eigenvalue weighted by Crippen LogP contribution is -2.11. The standard InChI is InChI=1S/C16H17N5O/c1-2-11-8-19-16-13(11)15(20-9-21-16)18-7-10-4-3-5-12(6-10)14(17)22/h3-6,8-9H,2,7H2,1H3,(H2,17,22)(H2,18,19,20,21). The molecule has 3 aromatic rings. The molecule has 0 saturated carbocycles. The van der Waals surface area contributed by atoms with E-state index in [1.807, 2.05) is 18.3 Å². The fraction of sp³-hybridized carbons (Fsp3) is 0.188. The van der Waals surface area contributed by atoms with Crippen LogP contribution in [-0.2, 0) is 13.0 Å². The van der Waals surface area contributed by atoms with Crippen molar-refractivity contribution < 1.29 is 4.79 Å². The van der Waals surface area contributed by atoms with Crippen molar-refractivity contribution in [2.24, 2.45) is 5.73 Å². The zero-order valence-electron chi connectivity index (χ0n) is 12.3. The van der Waals surface area contributed by atoms with Crippen LogP contribution in [0.5, 0.6) is 0 Å². The summed E-state index contributed by atoms with van der Waals surface area (Å²) in [5, 5.41) is 4.32. The Labute approximate surface area is 127 Å². The van der Waals surface area contributed by atoms with Crippen LogP contribution in [0.2, 0.25) is 0 Å². The molecule has 0 aliphatic carbocycles. The van der Waals surface area contributed by atoms with Gasteiger partial charge >= 0.3 is 0 Å². The van der Waals surface area contributed by atoms with E-state index in [1.165, 1.54) is 11.9 Å². The summed E-state index contributed by atoms with van der Waals surface area (Å²) in [5.41, 5.74) is 8.77. The van der Waals surface area contributed by atoms with Gasteiger partial charge in [0.2, 0.25) is 5.91 Å². The van der Waals surface area contributed by atoms with Crippen molar-refractivity contribution in [1.29, 1.82) is 0 Å². The fourth-order valence-electron chi connectivity index (χ4n) is 2.46. The smallest absolute Gasteiger partial charge is 0.248 e. The first kappa shape index (κ1) is 14.1. The van der Waals surface area contributed by atoms with E-state index in [-0.39, 0.29) is 0 Å². The van der Waals surface area contributed by atoms with Gasteiger partial charge in [-0.25, -0.2) is 9.97 Å². The van der Waals surface area contributed by atoms with Crippen LogP contribution in [0.3, 0.4) is 0 Å². The van der Waals surface area contributed by atoms with E-state index in [0.29, 0.717) is 12.1 Å². The number of anilines is 1. The number of aromatic nitrogens is 3. The predicted molar refractivity (Wildman–Crippen MR) is 85.6 cm³/mol. The van der Waals surface area contributed by atoms with E-state index in [1.54, 1.807) is 12.1 Å². The maximum absolute atomic E-state index is 11.2. The molecular formula is C16H17N5O. The molecule has 0 spiro atoms. The van der Waals surface area contributed by atoms with Gasteiger partial charge < -0.3 is 16.0 Å². The average Bonchev–Trinajstić information content (AvgIpc) is 2.97. The molecule has 1 amide bonds. The van der Waals surface area contributed by atoms with Gasteiger partial charge in [-0.2, -0.15) is 0 Å². The van der Waals surface area contributed by atoms with Crippen molar-refractivity contribution in [3.05, 3.63) is 53.5 Å². The molecule has 0 aliphatic rings. The Bertz CT molecular complexity index is 824. The third kappa shape index (κ3) is 2.63. The molecule has 4 N–H and O–H groups in total. The zero-order valence-corrected chi connectivity index (χ0v) is 12.3. The molecule has 0 unspecified atom stereocenters. The van der Waals surface area contributed by atoms with Crippen LogP contribution in [0.4, 0.5) is 5.82 Å². The summed E-state index contributed by atoms with van der Waals surface area (Å²) in [6.45, 7) is 2.65. The Morgan fingerprint density at radius 3 is 3.00 bits per heavy atom. The maximum Gasteiger partial charge on any atom is 0.248 e. The van der Waals surface area contributed by atoms with E-state index in [2.05, 4.69) is 27.2 Å². The number of nitrogens with one attached hydrogen (secondary N) is 2. The second-order valence-electron chi connectivity index (χ2n) is 5.03. The van der Waals surface area contributed by atoms with Gasteiger partial charge in [0.15, 0.2) is 0 Å². The normalized spacial score (nSPS) is 10.8. The molecule has 6 nitrogen and oxygen atoms in total. The molecular weight excluding hydrogens is 278 g/mol. The van der Waals surface area contributed by atoms with Crippen LogP contribution >= 0.6 is 0 Å². The molecule has 2 aromatic heterocycles. The summed E-state index contributed by atoms with van der Waals surface area (Å²) >= 11 is 0. The highest BCUT2D eigenvalue weighted by atomic mass is 16.1. The van der Waals surface area contributed by atoms with Crippen LogP contribution < -0.4 is 11.1 Å². The largest absolute Gasteiger partial charge is 0.366 e. The second-order valence-corrected chi connectivity index (χ2v) is 5.03.